The molecule has 1 saturated carbocycles. The van der Waals surface area contributed by atoms with Crippen LogP contribution in [0.5, 0.6) is 0 Å². The first-order valence-corrected chi connectivity index (χ1v) is 11.6. The largest absolute Gasteiger partial charge is 0.381 e. The van der Waals surface area contributed by atoms with Crippen molar-refractivity contribution in [2.45, 2.75) is 117 Å². The summed E-state index contributed by atoms with van der Waals surface area (Å²) in [6, 6.07) is 0.788. The van der Waals surface area contributed by atoms with Crippen LogP contribution in [0.3, 0.4) is 0 Å². The van der Waals surface area contributed by atoms with E-state index in [1.54, 1.807) is 0 Å². The predicted octanol–water partition coefficient (Wildman–Crippen LogP) is 6.82. The molecule has 0 aliphatic heterocycles. The zero-order valence-corrected chi connectivity index (χ0v) is 17.7. The zero-order chi connectivity index (χ0) is 18.2. The maximum absolute atomic E-state index is 6.14. The summed E-state index contributed by atoms with van der Waals surface area (Å²) in [6.07, 6.45) is 19.1. The van der Waals surface area contributed by atoms with Gasteiger partial charge in [-0.1, -0.05) is 78.6 Å². The van der Waals surface area contributed by atoms with Gasteiger partial charge in [-0.15, -0.1) is 0 Å². The van der Waals surface area contributed by atoms with Crippen molar-refractivity contribution in [3.63, 3.8) is 0 Å². The van der Waals surface area contributed by atoms with E-state index in [-0.39, 0.29) is 0 Å². The van der Waals surface area contributed by atoms with Crippen LogP contribution < -0.4 is 0 Å². The maximum atomic E-state index is 6.14. The molecule has 0 radical (unpaired) electrons. The van der Waals surface area contributed by atoms with Gasteiger partial charge in [0.15, 0.2) is 0 Å². The molecule has 25 heavy (non-hydrogen) atoms. The molecule has 0 heterocycles. The Bertz CT molecular complexity index is 273. The van der Waals surface area contributed by atoms with Crippen molar-refractivity contribution < 1.29 is 4.74 Å². The molecular weight excluding hydrogens is 306 g/mol. The van der Waals surface area contributed by atoms with Crippen molar-refractivity contribution >= 4 is 0 Å². The summed E-state index contributed by atoms with van der Waals surface area (Å²) in [5.74, 6) is 0.780. The SMILES string of the molecule is CCCCCCCCOCC1CCCCC1N(CCCC)CCCC. The fourth-order valence-corrected chi connectivity index (χ4v) is 4.25. The highest BCUT2D eigenvalue weighted by Crippen LogP contribution is 2.29. The fraction of sp³-hybridized carbons (Fsp3) is 1.00. The number of hydrogen-bond donors (Lipinski definition) is 0. The summed E-state index contributed by atoms with van der Waals surface area (Å²) in [5.41, 5.74) is 0. The molecule has 0 bridgehead atoms. The molecule has 150 valence electrons. The molecule has 2 atom stereocenters. The zero-order valence-electron chi connectivity index (χ0n) is 17.7. The summed E-state index contributed by atoms with van der Waals surface area (Å²) >= 11 is 0. The van der Waals surface area contributed by atoms with Crippen LogP contribution in [0.25, 0.3) is 0 Å². The number of hydrogen-bond acceptors (Lipinski definition) is 2. The highest BCUT2D eigenvalue weighted by atomic mass is 16.5. The molecule has 1 rings (SSSR count). The second kappa shape index (κ2) is 16.1. The summed E-state index contributed by atoms with van der Waals surface area (Å²) in [6.45, 7) is 11.5. The highest BCUT2D eigenvalue weighted by molar-refractivity contribution is 4.83. The Balaban J connectivity index is 2.30. The number of nitrogens with zero attached hydrogens (tertiary/aromatic N) is 1. The average Bonchev–Trinajstić information content (AvgIpc) is 2.64. The third-order valence-electron chi connectivity index (χ3n) is 5.91. The molecule has 0 amide bonds. The third-order valence-corrected chi connectivity index (χ3v) is 5.91. The van der Waals surface area contributed by atoms with Crippen molar-refractivity contribution in [3.05, 3.63) is 0 Å². The van der Waals surface area contributed by atoms with Gasteiger partial charge in [0, 0.05) is 12.6 Å². The predicted molar refractivity (Wildman–Crippen MR) is 111 cm³/mol. The molecular formula is C23H47NO. The van der Waals surface area contributed by atoms with Gasteiger partial charge in [-0.25, -0.2) is 0 Å². The monoisotopic (exact) mass is 353 g/mol. The summed E-state index contributed by atoms with van der Waals surface area (Å²) in [5, 5.41) is 0. The Morgan fingerprint density at radius 1 is 0.720 bits per heavy atom. The molecule has 0 aromatic heterocycles. The molecule has 1 aliphatic rings. The van der Waals surface area contributed by atoms with Crippen LogP contribution in [0.4, 0.5) is 0 Å². The third kappa shape index (κ3) is 10.6. The normalized spacial score (nSPS) is 21.1. The first kappa shape index (κ1) is 23.0. The van der Waals surface area contributed by atoms with Gasteiger partial charge in [0.05, 0.1) is 6.61 Å². The van der Waals surface area contributed by atoms with Gasteiger partial charge in [0.2, 0.25) is 0 Å². The summed E-state index contributed by atoms with van der Waals surface area (Å²) in [7, 11) is 0. The lowest BCUT2D eigenvalue weighted by molar-refractivity contribution is 0.0248. The lowest BCUT2D eigenvalue weighted by atomic mass is 9.83. The number of ether oxygens (including phenoxy) is 1. The van der Waals surface area contributed by atoms with E-state index in [0.717, 1.165) is 25.2 Å². The van der Waals surface area contributed by atoms with E-state index in [9.17, 15) is 0 Å². The highest BCUT2D eigenvalue weighted by Gasteiger charge is 2.29. The first-order chi connectivity index (χ1) is 12.3. The molecule has 0 N–H and O–H groups in total. The van der Waals surface area contributed by atoms with Crippen LogP contribution in [0.2, 0.25) is 0 Å². The lowest BCUT2D eigenvalue weighted by Crippen LogP contribution is -2.45. The van der Waals surface area contributed by atoms with Crippen LogP contribution in [0.15, 0.2) is 0 Å². The number of unbranched alkanes of at least 4 members (excludes halogenated alkanes) is 7. The Kier molecular flexibility index (Phi) is 14.8. The molecule has 2 unspecified atom stereocenters. The summed E-state index contributed by atoms with van der Waals surface area (Å²) < 4.78 is 6.14. The molecule has 1 fully saturated rings. The van der Waals surface area contributed by atoms with Crippen LogP contribution >= 0.6 is 0 Å². The Morgan fingerprint density at radius 3 is 2.00 bits per heavy atom. The van der Waals surface area contributed by atoms with Crippen LogP contribution in [-0.2, 0) is 4.74 Å². The molecule has 0 saturated heterocycles. The Hall–Kier alpha value is -0.0800. The van der Waals surface area contributed by atoms with E-state index in [2.05, 4.69) is 25.7 Å². The Morgan fingerprint density at radius 2 is 1.32 bits per heavy atom. The van der Waals surface area contributed by atoms with Gasteiger partial charge in [-0.2, -0.15) is 0 Å². The second-order valence-corrected chi connectivity index (χ2v) is 8.20. The standard InChI is InChI=1S/C23H47NO/c1-4-7-10-11-12-15-20-25-21-22-16-13-14-17-23(22)24(18-8-5-2)19-9-6-3/h22-23H,4-21H2,1-3H3. The van der Waals surface area contributed by atoms with Gasteiger partial charge in [-0.05, 0) is 51.1 Å². The van der Waals surface area contributed by atoms with E-state index in [4.69, 9.17) is 4.74 Å². The Labute approximate surface area is 159 Å². The topological polar surface area (TPSA) is 12.5 Å². The van der Waals surface area contributed by atoms with E-state index in [0.29, 0.717) is 0 Å². The van der Waals surface area contributed by atoms with Gasteiger partial charge < -0.3 is 9.64 Å². The van der Waals surface area contributed by atoms with E-state index < -0.39 is 0 Å². The smallest absolute Gasteiger partial charge is 0.0509 e. The minimum Gasteiger partial charge on any atom is -0.381 e. The molecule has 0 aromatic rings. The van der Waals surface area contributed by atoms with Gasteiger partial charge >= 0.3 is 0 Å². The fourth-order valence-electron chi connectivity index (χ4n) is 4.25. The average molecular weight is 354 g/mol. The van der Waals surface area contributed by atoms with E-state index in [1.165, 1.54) is 103 Å². The minimum absolute atomic E-state index is 0.780. The molecule has 2 heteroatoms. The van der Waals surface area contributed by atoms with Gasteiger partial charge in [0.1, 0.15) is 0 Å². The van der Waals surface area contributed by atoms with Crippen molar-refractivity contribution in [2.24, 2.45) is 5.92 Å². The lowest BCUT2D eigenvalue weighted by Gasteiger charge is -2.40. The van der Waals surface area contributed by atoms with Gasteiger partial charge in [-0.3, -0.25) is 0 Å². The van der Waals surface area contributed by atoms with Crippen molar-refractivity contribution in [1.29, 1.82) is 0 Å². The van der Waals surface area contributed by atoms with Crippen LogP contribution in [0, 0.1) is 5.92 Å². The van der Waals surface area contributed by atoms with E-state index >= 15 is 0 Å². The quantitative estimate of drug-likeness (QED) is 0.282. The minimum atomic E-state index is 0.780. The van der Waals surface area contributed by atoms with Crippen LogP contribution in [-0.4, -0.2) is 37.2 Å². The van der Waals surface area contributed by atoms with Gasteiger partial charge in [0.25, 0.3) is 0 Å². The molecule has 0 aromatic carbocycles. The van der Waals surface area contributed by atoms with Crippen LogP contribution in [0.1, 0.15) is 111 Å². The summed E-state index contributed by atoms with van der Waals surface area (Å²) in [4.78, 5) is 2.82. The first-order valence-electron chi connectivity index (χ1n) is 11.6. The van der Waals surface area contributed by atoms with Crippen molar-refractivity contribution in [2.75, 3.05) is 26.3 Å². The maximum Gasteiger partial charge on any atom is 0.0509 e. The number of rotatable bonds is 16. The van der Waals surface area contributed by atoms with Crippen molar-refractivity contribution in [1.82, 2.24) is 4.90 Å². The van der Waals surface area contributed by atoms with Crippen molar-refractivity contribution in [3.8, 4) is 0 Å². The molecule has 1 aliphatic carbocycles. The molecule has 0 spiro atoms. The van der Waals surface area contributed by atoms with E-state index in [1.807, 2.05) is 0 Å². The molecule has 2 nitrogen and oxygen atoms in total. The second-order valence-electron chi connectivity index (χ2n) is 8.20.